The van der Waals surface area contributed by atoms with Crippen LogP contribution in [0.1, 0.15) is 25.8 Å². The van der Waals surface area contributed by atoms with Crippen molar-refractivity contribution < 1.29 is 13.5 Å². The van der Waals surface area contributed by atoms with Gasteiger partial charge in [0, 0.05) is 11.6 Å². The predicted molar refractivity (Wildman–Crippen MR) is 76.8 cm³/mol. The van der Waals surface area contributed by atoms with Crippen molar-refractivity contribution in [2.75, 3.05) is 6.54 Å². The summed E-state index contributed by atoms with van der Waals surface area (Å²) < 4.78 is 26.6. The molecule has 1 aromatic rings. The molecule has 0 aromatic heterocycles. The second kappa shape index (κ2) is 6.70. The maximum atomic E-state index is 12.1. The topological polar surface area (TPSA) is 66.4 Å². The summed E-state index contributed by atoms with van der Waals surface area (Å²) in [6, 6.07) is 4.65. The number of sulfonamides is 1. The zero-order valence-electron chi connectivity index (χ0n) is 11.4. The van der Waals surface area contributed by atoms with Crippen molar-refractivity contribution in [2.45, 2.75) is 38.2 Å². The van der Waals surface area contributed by atoms with Crippen LogP contribution in [0.2, 0.25) is 5.02 Å². The van der Waals surface area contributed by atoms with Crippen LogP contribution in [0.3, 0.4) is 0 Å². The molecule has 0 heterocycles. The number of hydrogen-bond acceptors (Lipinski definition) is 3. The highest BCUT2D eigenvalue weighted by molar-refractivity contribution is 7.89. The fraction of sp³-hybridized carbons (Fsp3) is 0.538. The van der Waals surface area contributed by atoms with E-state index in [2.05, 4.69) is 4.72 Å². The number of aliphatic hydroxyl groups excluding tert-OH is 1. The summed E-state index contributed by atoms with van der Waals surface area (Å²) in [5.74, 6) is 0.0655. The molecule has 0 saturated carbocycles. The standard InChI is InChI=1S/C13H20ClNO3S/c1-9(6-11(3)16)8-15-19(17,18)12-5-4-10(2)13(14)7-12/h4-5,7,9,11,15-16H,6,8H2,1-3H3. The molecule has 1 aromatic carbocycles. The Morgan fingerprint density at radius 3 is 2.53 bits per heavy atom. The summed E-state index contributed by atoms with van der Waals surface area (Å²) in [7, 11) is -3.55. The van der Waals surface area contributed by atoms with E-state index in [1.165, 1.54) is 12.1 Å². The molecule has 0 saturated heterocycles. The molecule has 0 spiro atoms. The largest absolute Gasteiger partial charge is 0.393 e. The van der Waals surface area contributed by atoms with Crippen LogP contribution < -0.4 is 4.72 Å². The van der Waals surface area contributed by atoms with E-state index in [1.54, 1.807) is 13.0 Å². The Bertz CT molecular complexity index is 529. The lowest BCUT2D eigenvalue weighted by Crippen LogP contribution is -2.29. The van der Waals surface area contributed by atoms with Gasteiger partial charge in [-0.05, 0) is 43.9 Å². The van der Waals surface area contributed by atoms with Gasteiger partial charge in [0.15, 0.2) is 0 Å². The molecule has 2 atom stereocenters. The second-order valence-corrected chi connectivity index (χ2v) is 7.13. The molecule has 0 fully saturated rings. The second-order valence-electron chi connectivity index (χ2n) is 4.95. The lowest BCUT2D eigenvalue weighted by atomic mass is 10.1. The van der Waals surface area contributed by atoms with Crippen LogP contribution >= 0.6 is 11.6 Å². The molecule has 6 heteroatoms. The number of benzene rings is 1. The smallest absolute Gasteiger partial charge is 0.240 e. The van der Waals surface area contributed by atoms with Crippen LogP contribution in [0.15, 0.2) is 23.1 Å². The van der Waals surface area contributed by atoms with Crippen molar-refractivity contribution in [2.24, 2.45) is 5.92 Å². The van der Waals surface area contributed by atoms with E-state index >= 15 is 0 Å². The van der Waals surface area contributed by atoms with Gasteiger partial charge in [-0.1, -0.05) is 24.6 Å². The zero-order valence-corrected chi connectivity index (χ0v) is 12.9. The highest BCUT2D eigenvalue weighted by atomic mass is 35.5. The lowest BCUT2D eigenvalue weighted by molar-refractivity contribution is 0.165. The van der Waals surface area contributed by atoms with E-state index in [4.69, 9.17) is 11.6 Å². The van der Waals surface area contributed by atoms with Crippen molar-refractivity contribution in [3.63, 3.8) is 0 Å². The van der Waals surface area contributed by atoms with Gasteiger partial charge in [0.1, 0.15) is 0 Å². The summed E-state index contributed by atoms with van der Waals surface area (Å²) in [6.45, 7) is 5.68. The van der Waals surface area contributed by atoms with Crippen LogP contribution in [0.25, 0.3) is 0 Å². The summed E-state index contributed by atoms with van der Waals surface area (Å²) in [6.07, 6.45) is 0.116. The monoisotopic (exact) mass is 305 g/mol. The van der Waals surface area contributed by atoms with Gasteiger partial charge in [0.2, 0.25) is 10.0 Å². The van der Waals surface area contributed by atoms with Gasteiger partial charge in [0.05, 0.1) is 11.0 Å². The van der Waals surface area contributed by atoms with Crippen molar-refractivity contribution in [3.05, 3.63) is 28.8 Å². The Kier molecular flexibility index (Phi) is 5.80. The Morgan fingerprint density at radius 1 is 1.37 bits per heavy atom. The summed E-state index contributed by atoms with van der Waals surface area (Å²) in [4.78, 5) is 0.160. The molecule has 0 aliphatic carbocycles. The maximum Gasteiger partial charge on any atom is 0.240 e. The first kappa shape index (κ1) is 16.4. The Hall–Kier alpha value is -0.620. The molecule has 19 heavy (non-hydrogen) atoms. The van der Waals surface area contributed by atoms with E-state index in [1.807, 2.05) is 13.8 Å². The number of hydrogen-bond donors (Lipinski definition) is 2. The quantitative estimate of drug-likeness (QED) is 0.847. The first-order valence-electron chi connectivity index (χ1n) is 6.16. The van der Waals surface area contributed by atoms with Gasteiger partial charge in [-0.3, -0.25) is 0 Å². The molecular weight excluding hydrogens is 286 g/mol. The molecule has 0 amide bonds. The maximum absolute atomic E-state index is 12.1. The van der Waals surface area contributed by atoms with E-state index in [9.17, 15) is 13.5 Å². The molecule has 0 aliphatic heterocycles. The molecule has 2 N–H and O–H groups in total. The van der Waals surface area contributed by atoms with Crippen molar-refractivity contribution in [3.8, 4) is 0 Å². The molecule has 0 radical (unpaired) electrons. The minimum atomic E-state index is -3.55. The zero-order chi connectivity index (χ0) is 14.6. The fourth-order valence-electron chi connectivity index (χ4n) is 1.74. The number of aryl methyl sites for hydroxylation is 1. The minimum absolute atomic E-state index is 0.0655. The van der Waals surface area contributed by atoms with Crippen molar-refractivity contribution >= 4 is 21.6 Å². The third-order valence-corrected chi connectivity index (χ3v) is 4.65. The molecular formula is C13H20ClNO3S. The van der Waals surface area contributed by atoms with E-state index in [0.29, 0.717) is 18.0 Å². The first-order chi connectivity index (χ1) is 8.72. The molecule has 2 unspecified atom stereocenters. The van der Waals surface area contributed by atoms with Crippen LogP contribution in [0, 0.1) is 12.8 Å². The van der Waals surface area contributed by atoms with E-state index < -0.39 is 16.1 Å². The fourth-order valence-corrected chi connectivity index (χ4v) is 3.18. The summed E-state index contributed by atoms with van der Waals surface area (Å²) in [5, 5.41) is 9.67. The van der Waals surface area contributed by atoms with Crippen LogP contribution in [-0.2, 0) is 10.0 Å². The van der Waals surface area contributed by atoms with E-state index in [-0.39, 0.29) is 10.8 Å². The van der Waals surface area contributed by atoms with Gasteiger partial charge in [-0.15, -0.1) is 0 Å². The number of aliphatic hydroxyl groups is 1. The summed E-state index contributed by atoms with van der Waals surface area (Å²) >= 11 is 5.93. The van der Waals surface area contributed by atoms with Crippen molar-refractivity contribution in [1.29, 1.82) is 0 Å². The highest BCUT2D eigenvalue weighted by Gasteiger charge is 2.16. The van der Waals surface area contributed by atoms with Gasteiger partial charge in [0.25, 0.3) is 0 Å². The normalized spacial score (nSPS) is 15.2. The lowest BCUT2D eigenvalue weighted by Gasteiger charge is -2.14. The first-order valence-corrected chi connectivity index (χ1v) is 8.02. The molecule has 1 rings (SSSR count). The predicted octanol–water partition coefficient (Wildman–Crippen LogP) is 2.33. The highest BCUT2D eigenvalue weighted by Crippen LogP contribution is 2.20. The van der Waals surface area contributed by atoms with Gasteiger partial charge < -0.3 is 5.11 Å². The molecule has 0 aliphatic rings. The Labute approximate surface area is 119 Å². The number of halogens is 1. The molecule has 108 valence electrons. The number of nitrogens with one attached hydrogen (secondary N) is 1. The van der Waals surface area contributed by atoms with Gasteiger partial charge >= 0.3 is 0 Å². The van der Waals surface area contributed by atoms with Crippen LogP contribution in [0.4, 0.5) is 0 Å². The van der Waals surface area contributed by atoms with Gasteiger partial charge in [-0.25, -0.2) is 13.1 Å². The SMILES string of the molecule is Cc1ccc(S(=O)(=O)NCC(C)CC(C)O)cc1Cl. The average molecular weight is 306 g/mol. The molecule has 0 bridgehead atoms. The molecule has 4 nitrogen and oxygen atoms in total. The van der Waals surface area contributed by atoms with Crippen molar-refractivity contribution in [1.82, 2.24) is 4.72 Å². The Balaban J connectivity index is 2.73. The third-order valence-electron chi connectivity index (χ3n) is 2.82. The summed E-state index contributed by atoms with van der Waals surface area (Å²) in [5.41, 5.74) is 0.836. The van der Waals surface area contributed by atoms with E-state index in [0.717, 1.165) is 5.56 Å². The van der Waals surface area contributed by atoms with Crippen LogP contribution in [-0.4, -0.2) is 26.2 Å². The minimum Gasteiger partial charge on any atom is -0.393 e. The van der Waals surface area contributed by atoms with Crippen LogP contribution in [0.5, 0.6) is 0 Å². The van der Waals surface area contributed by atoms with Gasteiger partial charge in [-0.2, -0.15) is 0 Å². The third kappa shape index (κ3) is 5.10. The number of rotatable bonds is 6. The average Bonchev–Trinajstić information content (AvgIpc) is 2.29. The Morgan fingerprint density at radius 2 is 2.00 bits per heavy atom.